The third kappa shape index (κ3) is 3.07. The van der Waals surface area contributed by atoms with Crippen molar-refractivity contribution in [2.24, 2.45) is 0 Å². The van der Waals surface area contributed by atoms with E-state index in [-0.39, 0.29) is 12.1 Å². The van der Waals surface area contributed by atoms with Crippen LogP contribution < -0.4 is 0 Å². The van der Waals surface area contributed by atoms with E-state index in [0.29, 0.717) is 11.4 Å². The highest BCUT2D eigenvalue weighted by Crippen LogP contribution is 2.03. The first-order valence-corrected chi connectivity index (χ1v) is 4.50. The summed E-state index contributed by atoms with van der Waals surface area (Å²) in [4.78, 5) is 11.3. The van der Waals surface area contributed by atoms with Gasteiger partial charge in [-0.15, -0.1) is 11.6 Å². The first kappa shape index (κ1) is 10.1. The van der Waals surface area contributed by atoms with E-state index >= 15 is 0 Å². The zero-order valence-electron chi connectivity index (χ0n) is 7.29. The van der Waals surface area contributed by atoms with Gasteiger partial charge in [-0.25, -0.2) is 4.79 Å². The smallest absolute Gasteiger partial charge is 0.338 e. The van der Waals surface area contributed by atoms with Gasteiger partial charge in [0, 0.05) is 0 Å². The Bertz CT molecular complexity index is 272. The molecule has 0 amide bonds. The average molecular weight is 198 g/mol. The van der Waals surface area contributed by atoms with Crippen LogP contribution >= 0.6 is 11.6 Å². The minimum Gasteiger partial charge on any atom is -0.458 e. The van der Waals surface area contributed by atoms with Gasteiger partial charge in [0.1, 0.15) is 6.10 Å². The van der Waals surface area contributed by atoms with Crippen LogP contribution in [0.15, 0.2) is 24.3 Å². The van der Waals surface area contributed by atoms with Crippen LogP contribution in [0.4, 0.5) is 0 Å². The van der Waals surface area contributed by atoms with Crippen LogP contribution in [0.5, 0.6) is 0 Å². The Hall–Kier alpha value is -1.02. The van der Waals surface area contributed by atoms with Crippen LogP contribution in [0.2, 0.25) is 0 Å². The molecule has 0 N–H and O–H groups in total. The Labute approximate surface area is 82.5 Å². The molecule has 13 heavy (non-hydrogen) atoms. The Morgan fingerprint density at radius 2 is 2.23 bits per heavy atom. The van der Waals surface area contributed by atoms with Crippen molar-refractivity contribution < 1.29 is 9.53 Å². The van der Waals surface area contributed by atoms with Gasteiger partial charge in [0.2, 0.25) is 0 Å². The summed E-state index contributed by atoms with van der Waals surface area (Å²) in [6, 6.07) is 9.47. The van der Waals surface area contributed by atoms with Gasteiger partial charge < -0.3 is 4.74 Å². The summed E-state index contributed by atoms with van der Waals surface area (Å²) in [5.74, 6) is -0.0350. The molecule has 2 nitrogen and oxygen atoms in total. The van der Waals surface area contributed by atoms with Crippen LogP contribution in [0, 0.1) is 6.07 Å². The minimum absolute atomic E-state index is 0.252. The Balaban J connectivity index is 2.59. The van der Waals surface area contributed by atoms with Crippen molar-refractivity contribution in [2.75, 3.05) is 5.88 Å². The maximum absolute atomic E-state index is 11.3. The largest absolute Gasteiger partial charge is 0.458 e. The number of hydrogen-bond acceptors (Lipinski definition) is 2. The number of esters is 1. The number of rotatable bonds is 3. The molecular formula is C10H10ClO2. The molecule has 0 bridgehead atoms. The van der Waals surface area contributed by atoms with Gasteiger partial charge in [-0.1, -0.05) is 12.1 Å². The van der Waals surface area contributed by atoms with Crippen LogP contribution in [0.1, 0.15) is 17.3 Å². The highest BCUT2D eigenvalue weighted by atomic mass is 35.5. The quantitative estimate of drug-likeness (QED) is 0.549. The van der Waals surface area contributed by atoms with Gasteiger partial charge in [0.05, 0.1) is 11.4 Å². The number of hydrogen-bond donors (Lipinski definition) is 0. The first-order valence-electron chi connectivity index (χ1n) is 3.97. The second-order valence-corrected chi connectivity index (χ2v) is 2.97. The van der Waals surface area contributed by atoms with Crippen LogP contribution in [-0.2, 0) is 4.74 Å². The second-order valence-electron chi connectivity index (χ2n) is 2.66. The van der Waals surface area contributed by atoms with Gasteiger partial charge >= 0.3 is 5.97 Å². The molecule has 1 aromatic carbocycles. The molecule has 1 rings (SSSR count). The second kappa shape index (κ2) is 4.87. The van der Waals surface area contributed by atoms with Crippen LogP contribution in [0.3, 0.4) is 0 Å². The van der Waals surface area contributed by atoms with E-state index in [2.05, 4.69) is 6.07 Å². The molecule has 1 radical (unpaired) electrons. The number of ether oxygens (including phenoxy) is 1. The SMILES string of the molecule is CC(CCl)OC(=O)c1cc[c]cc1. The van der Waals surface area contributed by atoms with E-state index in [0.717, 1.165) is 0 Å². The molecule has 0 spiro atoms. The zero-order valence-corrected chi connectivity index (χ0v) is 8.04. The number of halogens is 1. The van der Waals surface area contributed by atoms with Crippen molar-refractivity contribution in [3.05, 3.63) is 35.9 Å². The highest BCUT2D eigenvalue weighted by Gasteiger charge is 2.09. The molecule has 69 valence electrons. The van der Waals surface area contributed by atoms with Crippen molar-refractivity contribution >= 4 is 17.6 Å². The molecule has 0 fully saturated rings. The predicted octanol–water partition coefficient (Wildman–Crippen LogP) is 2.27. The van der Waals surface area contributed by atoms with Crippen molar-refractivity contribution in [3.63, 3.8) is 0 Å². The lowest BCUT2D eigenvalue weighted by atomic mass is 10.2. The van der Waals surface area contributed by atoms with Crippen LogP contribution in [-0.4, -0.2) is 18.0 Å². The zero-order chi connectivity index (χ0) is 9.68. The summed E-state index contributed by atoms with van der Waals surface area (Å²) in [5.41, 5.74) is 0.524. The number of alkyl halides is 1. The topological polar surface area (TPSA) is 26.3 Å². The third-order valence-electron chi connectivity index (χ3n) is 1.48. The van der Waals surface area contributed by atoms with Gasteiger partial charge in [-0.2, -0.15) is 0 Å². The van der Waals surface area contributed by atoms with E-state index in [4.69, 9.17) is 16.3 Å². The molecule has 0 saturated carbocycles. The monoisotopic (exact) mass is 197 g/mol. The molecule has 1 aromatic rings. The lowest BCUT2D eigenvalue weighted by Crippen LogP contribution is -2.16. The Morgan fingerprint density at radius 3 is 2.77 bits per heavy atom. The Morgan fingerprint density at radius 1 is 1.62 bits per heavy atom. The number of carbonyl (C=O) groups is 1. The summed E-state index contributed by atoms with van der Waals surface area (Å²) >= 11 is 5.50. The maximum Gasteiger partial charge on any atom is 0.338 e. The maximum atomic E-state index is 11.3. The molecule has 0 aliphatic rings. The molecule has 0 aliphatic carbocycles. The normalized spacial score (nSPS) is 12.2. The molecule has 1 atom stereocenters. The van der Waals surface area contributed by atoms with Crippen molar-refractivity contribution in [3.8, 4) is 0 Å². The van der Waals surface area contributed by atoms with Gasteiger partial charge in [-0.3, -0.25) is 0 Å². The van der Waals surface area contributed by atoms with Crippen molar-refractivity contribution in [1.29, 1.82) is 0 Å². The van der Waals surface area contributed by atoms with Crippen LogP contribution in [0.25, 0.3) is 0 Å². The van der Waals surface area contributed by atoms with Gasteiger partial charge in [-0.05, 0) is 25.1 Å². The summed E-state index contributed by atoms with van der Waals surface area (Å²) < 4.78 is 5.00. The summed E-state index contributed by atoms with van der Waals surface area (Å²) in [5, 5.41) is 0. The fourth-order valence-corrected chi connectivity index (χ4v) is 0.868. The van der Waals surface area contributed by atoms with Crippen molar-refractivity contribution in [2.45, 2.75) is 13.0 Å². The molecule has 3 heteroatoms. The molecule has 0 aromatic heterocycles. The fourth-order valence-electron chi connectivity index (χ4n) is 0.805. The third-order valence-corrected chi connectivity index (χ3v) is 1.91. The number of carbonyl (C=O) groups excluding carboxylic acids is 1. The van der Waals surface area contributed by atoms with Crippen molar-refractivity contribution in [1.82, 2.24) is 0 Å². The first-order chi connectivity index (χ1) is 6.24. The lowest BCUT2D eigenvalue weighted by Gasteiger charge is -2.09. The van der Waals surface area contributed by atoms with E-state index in [1.54, 1.807) is 31.2 Å². The van der Waals surface area contributed by atoms with E-state index in [9.17, 15) is 4.79 Å². The summed E-state index contributed by atoms with van der Waals surface area (Å²) in [7, 11) is 0. The van der Waals surface area contributed by atoms with E-state index < -0.39 is 0 Å². The Kier molecular flexibility index (Phi) is 3.77. The lowest BCUT2D eigenvalue weighted by molar-refractivity contribution is 0.0383. The fraction of sp³-hybridized carbons (Fsp3) is 0.300. The molecule has 0 heterocycles. The molecule has 1 unspecified atom stereocenters. The van der Waals surface area contributed by atoms with Gasteiger partial charge in [0.15, 0.2) is 0 Å². The van der Waals surface area contributed by atoms with E-state index in [1.807, 2.05) is 0 Å². The summed E-state index contributed by atoms with van der Waals surface area (Å²) in [6.45, 7) is 1.75. The summed E-state index contributed by atoms with van der Waals surface area (Å²) in [6.07, 6.45) is -0.252. The van der Waals surface area contributed by atoms with E-state index in [1.165, 1.54) is 0 Å². The molecule has 0 aliphatic heterocycles. The predicted molar refractivity (Wildman–Crippen MR) is 50.9 cm³/mol. The molecular weight excluding hydrogens is 188 g/mol. The minimum atomic E-state index is -0.345. The average Bonchev–Trinajstić information content (AvgIpc) is 2.19. The standard InChI is InChI=1S/C10H10ClO2/c1-8(7-11)13-10(12)9-5-3-2-4-6-9/h3-6,8H,7H2,1H3. The van der Waals surface area contributed by atoms with Gasteiger partial charge in [0.25, 0.3) is 0 Å². The molecule has 0 saturated heterocycles. The highest BCUT2D eigenvalue weighted by molar-refractivity contribution is 6.18. The number of benzene rings is 1.